The van der Waals surface area contributed by atoms with E-state index in [4.69, 9.17) is 32.7 Å². The molecule has 0 spiro atoms. The number of halogens is 3. The number of esters is 1. The molecule has 0 saturated heterocycles. The van der Waals surface area contributed by atoms with Gasteiger partial charge in [-0.2, -0.15) is 5.26 Å². The van der Waals surface area contributed by atoms with E-state index in [-0.39, 0.29) is 23.8 Å². The van der Waals surface area contributed by atoms with Crippen molar-refractivity contribution in [2.45, 2.75) is 6.92 Å². The Balaban J connectivity index is 2.12. The highest BCUT2D eigenvalue weighted by Gasteiger charge is 2.12. The van der Waals surface area contributed by atoms with Crippen LogP contribution in [0.2, 0.25) is 10.0 Å². The van der Waals surface area contributed by atoms with Crippen LogP contribution in [-0.4, -0.2) is 25.1 Å². The minimum atomic E-state index is -0.593. The lowest BCUT2D eigenvalue weighted by Crippen LogP contribution is -2.14. The van der Waals surface area contributed by atoms with Crippen molar-refractivity contribution in [1.29, 1.82) is 5.26 Å². The summed E-state index contributed by atoms with van der Waals surface area (Å²) in [5.41, 5.74) is 0.888. The molecule has 2 rings (SSSR count). The molecule has 2 aromatic carbocycles. The molecule has 0 unspecified atom stereocenters. The molecule has 0 atom stereocenters. The summed E-state index contributed by atoms with van der Waals surface area (Å²) in [5, 5.41) is 12.6. The number of amides is 1. The van der Waals surface area contributed by atoms with Crippen LogP contribution in [0, 0.1) is 11.3 Å². The molecule has 6 nitrogen and oxygen atoms in total. The summed E-state index contributed by atoms with van der Waals surface area (Å²) < 4.78 is 10.7. The number of nitrogens with zero attached hydrogens (tertiary/aromatic N) is 1. The van der Waals surface area contributed by atoms with Gasteiger partial charge in [0.15, 0.2) is 6.61 Å². The van der Waals surface area contributed by atoms with E-state index < -0.39 is 11.9 Å². The first-order chi connectivity index (χ1) is 13.8. The number of nitriles is 1. The number of carbonyl (C=O) groups is 2. The highest BCUT2D eigenvalue weighted by Crippen LogP contribution is 2.28. The minimum Gasteiger partial charge on any atom is -0.481 e. The van der Waals surface area contributed by atoms with Crippen LogP contribution in [-0.2, 0) is 14.3 Å². The van der Waals surface area contributed by atoms with E-state index in [9.17, 15) is 14.9 Å². The van der Waals surface area contributed by atoms with E-state index in [2.05, 4.69) is 21.2 Å². The molecular formula is C20H15BrCl2N2O4. The third kappa shape index (κ3) is 6.79. The first-order valence-corrected chi connectivity index (χ1v) is 9.85. The highest BCUT2D eigenvalue weighted by atomic mass is 79.9. The van der Waals surface area contributed by atoms with Gasteiger partial charge in [0.1, 0.15) is 17.4 Å². The molecule has 0 aliphatic rings. The van der Waals surface area contributed by atoms with Gasteiger partial charge < -0.3 is 14.8 Å². The van der Waals surface area contributed by atoms with Crippen molar-refractivity contribution in [2.75, 3.05) is 18.5 Å². The molecular weight excluding hydrogens is 483 g/mol. The fourth-order valence-electron chi connectivity index (χ4n) is 2.15. The maximum absolute atomic E-state index is 12.4. The van der Waals surface area contributed by atoms with Gasteiger partial charge in [-0.15, -0.1) is 0 Å². The Morgan fingerprint density at radius 1 is 1.21 bits per heavy atom. The van der Waals surface area contributed by atoms with E-state index >= 15 is 0 Å². The molecule has 0 heterocycles. The summed E-state index contributed by atoms with van der Waals surface area (Å²) in [6.45, 7) is 1.75. The van der Waals surface area contributed by atoms with Crippen LogP contribution in [0.4, 0.5) is 5.69 Å². The van der Waals surface area contributed by atoms with Gasteiger partial charge in [0.25, 0.3) is 5.91 Å². The zero-order valence-corrected chi connectivity index (χ0v) is 18.3. The second-order valence-corrected chi connectivity index (χ2v) is 7.21. The maximum atomic E-state index is 12.4. The normalized spacial score (nSPS) is 10.8. The van der Waals surface area contributed by atoms with Crippen LogP contribution in [0.15, 0.2) is 46.4 Å². The maximum Gasteiger partial charge on any atom is 0.344 e. The quantitative estimate of drug-likeness (QED) is 0.321. The summed E-state index contributed by atoms with van der Waals surface area (Å²) in [5.74, 6) is -0.646. The van der Waals surface area contributed by atoms with Crippen molar-refractivity contribution < 1.29 is 19.1 Å². The van der Waals surface area contributed by atoms with Gasteiger partial charge in [0.05, 0.1) is 21.1 Å². The Labute approximate surface area is 186 Å². The number of ether oxygens (including phenoxy) is 2. The number of anilines is 1. The minimum absolute atomic E-state index is 0.108. The zero-order chi connectivity index (χ0) is 21.4. The number of carbonyl (C=O) groups excluding carboxylic acids is 2. The Morgan fingerprint density at radius 2 is 1.97 bits per heavy atom. The molecule has 0 aromatic heterocycles. The topological polar surface area (TPSA) is 88.4 Å². The Bertz CT molecular complexity index is 1000. The van der Waals surface area contributed by atoms with Gasteiger partial charge in [-0.05, 0) is 64.8 Å². The van der Waals surface area contributed by atoms with Gasteiger partial charge in [0.2, 0.25) is 0 Å². The summed E-state index contributed by atoms with van der Waals surface area (Å²) in [6.07, 6.45) is 1.42. The zero-order valence-electron chi connectivity index (χ0n) is 15.2. The molecule has 29 heavy (non-hydrogen) atoms. The van der Waals surface area contributed by atoms with E-state index in [1.807, 2.05) is 6.07 Å². The number of hydrogen-bond donors (Lipinski definition) is 1. The lowest BCUT2D eigenvalue weighted by Gasteiger charge is -2.09. The van der Waals surface area contributed by atoms with Crippen LogP contribution in [0.3, 0.4) is 0 Å². The summed E-state index contributed by atoms with van der Waals surface area (Å²) >= 11 is 15.1. The van der Waals surface area contributed by atoms with Crippen LogP contribution < -0.4 is 10.1 Å². The third-order valence-electron chi connectivity index (χ3n) is 3.46. The lowest BCUT2D eigenvalue weighted by atomic mass is 10.1. The van der Waals surface area contributed by atoms with Gasteiger partial charge in [0, 0.05) is 5.69 Å². The SMILES string of the molecule is CCOC(=O)COc1ccc(/C=C(\C#N)C(=O)Nc2ccc(Cl)c(Cl)c2)cc1Br. The smallest absolute Gasteiger partial charge is 0.344 e. The predicted octanol–water partition coefficient (Wildman–Crippen LogP) is 5.24. The number of hydrogen-bond acceptors (Lipinski definition) is 5. The predicted molar refractivity (Wildman–Crippen MR) is 115 cm³/mol. The fraction of sp³-hybridized carbons (Fsp3) is 0.150. The molecule has 0 saturated carbocycles. The highest BCUT2D eigenvalue weighted by molar-refractivity contribution is 9.10. The molecule has 2 aromatic rings. The van der Waals surface area contributed by atoms with Crippen molar-refractivity contribution in [2.24, 2.45) is 0 Å². The standard InChI is InChI=1S/C20H15BrCl2N2O4/c1-2-28-19(26)11-29-18-6-3-12(8-15(18)21)7-13(10-24)20(27)25-14-4-5-16(22)17(23)9-14/h3-9H,2,11H2,1H3,(H,25,27)/b13-7+. The Morgan fingerprint density at radius 3 is 2.59 bits per heavy atom. The van der Waals surface area contributed by atoms with E-state index in [1.54, 1.807) is 37.3 Å². The Kier molecular flexibility index (Phi) is 8.52. The molecule has 9 heteroatoms. The molecule has 0 bridgehead atoms. The molecule has 0 aliphatic heterocycles. The van der Waals surface area contributed by atoms with Crippen molar-refractivity contribution >= 4 is 62.8 Å². The summed E-state index contributed by atoms with van der Waals surface area (Å²) in [6, 6.07) is 11.4. The summed E-state index contributed by atoms with van der Waals surface area (Å²) in [7, 11) is 0. The largest absolute Gasteiger partial charge is 0.481 e. The number of rotatable bonds is 7. The molecule has 150 valence electrons. The van der Waals surface area contributed by atoms with Gasteiger partial charge in [-0.1, -0.05) is 29.3 Å². The average molecular weight is 498 g/mol. The van der Waals surface area contributed by atoms with Crippen LogP contribution >= 0.6 is 39.1 Å². The van der Waals surface area contributed by atoms with Gasteiger partial charge in [-0.25, -0.2) is 4.79 Å². The van der Waals surface area contributed by atoms with E-state index in [0.717, 1.165) is 0 Å². The molecule has 1 N–H and O–H groups in total. The fourth-order valence-corrected chi connectivity index (χ4v) is 2.96. The van der Waals surface area contributed by atoms with Crippen molar-refractivity contribution in [1.82, 2.24) is 0 Å². The van der Waals surface area contributed by atoms with Crippen molar-refractivity contribution in [3.05, 3.63) is 62.1 Å². The van der Waals surface area contributed by atoms with Gasteiger partial charge >= 0.3 is 5.97 Å². The second-order valence-electron chi connectivity index (χ2n) is 5.54. The van der Waals surface area contributed by atoms with Crippen LogP contribution in [0.1, 0.15) is 12.5 Å². The molecule has 1 amide bonds. The number of benzene rings is 2. The first-order valence-electron chi connectivity index (χ1n) is 8.30. The number of nitrogens with one attached hydrogen (secondary N) is 1. The van der Waals surface area contributed by atoms with Crippen LogP contribution in [0.5, 0.6) is 5.75 Å². The molecule has 0 radical (unpaired) electrons. The molecule has 0 aliphatic carbocycles. The molecule has 0 fully saturated rings. The van der Waals surface area contributed by atoms with E-state index in [0.29, 0.717) is 26.5 Å². The van der Waals surface area contributed by atoms with Crippen molar-refractivity contribution in [3.8, 4) is 11.8 Å². The van der Waals surface area contributed by atoms with Crippen molar-refractivity contribution in [3.63, 3.8) is 0 Å². The van der Waals surface area contributed by atoms with E-state index in [1.165, 1.54) is 12.1 Å². The monoisotopic (exact) mass is 496 g/mol. The summed E-state index contributed by atoms with van der Waals surface area (Å²) in [4.78, 5) is 23.7. The second kappa shape index (κ2) is 10.9. The van der Waals surface area contributed by atoms with Crippen LogP contribution in [0.25, 0.3) is 6.08 Å². The lowest BCUT2D eigenvalue weighted by molar-refractivity contribution is -0.145. The third-order valence-corrected chi connectivity index (χ3v) is 4.82. The van der Waals surface area contributed by atoms with Gasteiger partial charge in [-0.3, -0.25) is 4.79 Å². The Hall–Kier alpha value is -2.53. The first kappa shape index (κ1) is 22.8. The average Bonchev–Trinajstić information content (AvgIpc) is 2.68.